The van der Waals surface area contributed by atoms with E-state index in [1.165, 1.54) is 11.1 Å². The highest BCUT2D eigenvalue weighted by Crippen LogP contribution is 2.27. The van der Waals surface area contributed by atoms with E-state index in [1.807, 2.05) is 13.8 Å². The second kappa shape index (κ2) is 4.17. The van der Waals surface area contributed by atoms with Gasteiger partial charge in [0.15, 0.2) is 0 Å². The fourth-order valence-electron chi connectivity index (χ4n) is 1.81. The van der Waals surface area contributed by atoms with Gasteiger partial charge in [0, 0.05) is 5.56 Å². The van der Waals surface area contributed by atoms with Crippen molar-refractivity contribution < 1.29 is 0 Å². The minimum Gasteiger partial charge on any atom is -0.382 e. The van der Waals surface area contributed by atoms with E-state index in [0.717, 1.165) is 22.6 Å². The van der Waals surface area contributed by atoms with E-state index in [9.17, 15) is 0 Å². The second-order valence-corrected chi connectivity index (χ2v) is 4.45. The van der Waals surface area contributed by atoms with Gasteiger partial charge in [-0.25, -0.2) is 9.97 Å². The van der Waals surface area contributed by atoms with Gasteiger partial charge in [-0.05, 0) is 39.3 Å². The minimum atomic E-state index is 0.502. The first-order chi connectivity index (χ1) is 7.99. The van der Waals surface area contributed by atoms with Crippen LogP contribution in [0.2, 0.25) is 0 Å². The fraction of sp³-hybridized carbons (Fsp3) is 0.286. The van der Waals surface area contributed by atoms with Gasteiger partial charge in [-0.1, -0.05) is 17.7 Å². The van der Waals surface area contributed by atoms with Crippen LogP contribution in [0.5, 0.6) is 0 Å². The summed E-state index contributed by atoms with van der Waals surface area (Å²) in [4.78, 5) is 8.89. The van der Waals surface area contributed by atoms with E-state index in [1.54, 1.807) is 0 Å². The Morgan fingerprint density at radius 1 is 0.941 bits per heavy atom. The lowest BCUT2D eigenvalue weighted by molar-refractivity contribution is 1.06. The van der Waals surface area contributed by atoms with Crippen LogP contribution < -0.4 is 5.73 Å². The zero-order valence-electron chi connectivity index (χ0n) is 10.7. The number of rotatable bonds is 1. The summed E-state index contributed by atoms with van der Waals surface area (Å²) in [5, 5.41) is 0. The molecule has 0 radical (unpaired) electrons. The van der Waals surface area contributed by atoms with Crippen LogP contribution in [0, 0.1) is 27.7 Å². The zero-order valence-corrected chi connectivity index (χ0v) is 10.7. The molecule has 2 aromatic rings. The summed E-state index contributed by atoms with van der Waals surface area (Å²) < 4.78 is 0. The highest BCUT2D eigenvalue weighted by molar-refractivity contribution is 5.73. The molecule has 0 spiro atoms. The molecule has 1 aromatic heterocycles. The van der Waals surface area contributed by atoms with Crippen LogP contribution in [0.25, 0.3) is 11.3 Å². The first-order valence-electron chi connectivity index (χ1n) is 5.67. The molecule has 0 saturated heterocycles. The van der Waals surface area contributed by atoms with Gasteiger partial charge in [0.1, 0.15) is 11.5 Å². The molecule has 3 heteroatoms. The van der Waals surface area contributed by atoms with E-state index in [-0.39, 0.29) is 0 Å². The number of benzene rings is 1. The van der Waals surface area contributed by atoms with Gasteiger partial charge in [0.25, 0.3) is 0 Å². The molecule has 3 nitrogen and oxygen atoms in total. The Morgan fingerprint density at radius 2 is 1.59 bits per heavy atom. The Bertz CT molecular complexity index is 574. The lowest BCUT2D eigenvalue weighted by atomic mass is 10.0. The van der Waals surface area contributed by atoms with Gasteiger partial charge in [-0.15, -0.1) is 0 Å². The predicted molar refractivity (Wildman–Crippen MR) is 70.8 cm³/mol. The topological polar surface area (TPSA) is 51.8 Å². The average Bonchev–Trinajstić information content (AvgIpc) is 2.27. The summed E-state index contributed by atoms with van der Waals surface area (Å²) in [6, 6.07) is 6.27. The van der Waals surface area contributed by atoms with Crippen LogP contribution >= 0.6 is 0 Å². The molecule has 17 heavy (non-hydrogen) atoms. The lowest BCUT2D eigenvalue weighted by Crippen LogP contribution is -2.03. The van der Waals surface area contributed by atoms with Crippen molar-refractivity contribution in [1.82, 2.24) is 9.97 Å². The van der Waals surface area contributed by atoms with Crippen LogP contribution in [0.1, 0.15) is 22.5 Å². The van der Waals surface area contributed by atoms with Crippen molar-refractivity contribution in [2.24, 2.45) is 0 Å². The van der Waals surface area contributed by atoms with Gasteiger partial charge in [-0.3, -0.25) is 0 Å². The van der Waals surface area contributed by atoms with Gasteiger partial charge < -0.3 is 5.73 Å². The molecule has 88 valence electrons. The van der Waals surface area contributed by atoms with Gasteiger partial charge in [0.05, 0.1) is 11.4 Å². The maximum absolute atomic E-state index is 5.97. The molecule has 2 rings (SSSR count). The maximum Gasteiger partial charge on any atom is 0.150 e. The summed E-state index contributed by atoms with van der Waals surface area (Å²) in [5.74, 6) is 0.502. The van der Waals surface area contributed by atoms with Crippen molar-refractivity contribution >= 4 is 5.82 Å². The van der Waals surface area contributed by atoms with Crippen LogP contribution in [0.4, 0.5) is 5.82 Å². The van der Waals surface area contributed by atoms with E-state index in [0.29, 0.717) is 5.82 Å². The largest absolute Gasteiger partial charge is 0.382 e. The molecule has 1 heterocycles. The maximum atomic E-state index is 5.97. The summed E-state index contributed by atoms with van der Waals surface area (Å²) in [6.07, 6.45) is 0. The predicted octanol–water partition coefficient (Wildman–Crippen LogP) is 2.96. The Morgan fingerprint density at radius 3 is 2.29 bits per heavy atom. The monoisotopic (exact) mass is 227 g/mol. The number of nitrogen functional groups attached to an aromatic ring is 1. The molecular weight excluding hydrogens is 210 g/mol. The molecule has 0 unspecified atom stereocenters. The average molecular weight is 227 g/mol. The highest BCUT2D eigenvalue weighted by Gasteiger charge is 2.10. The molecule has 0 aliphatic carbocycles. The molecule has 2 N–H and O–H groups in total. The first kappa shape index (κ1) is 11.6. The van der Waals surface area contributed by atoms with Crippen molar-refractivity contribution in [2.75, 3.05) is 5.73 Å². The number of aryl methyl sites for hydroxylation is 4. The molecular formula is C14H17N3. The Hall–Kier alpha value is -1.90. The van der Waals surface area contributed by atoms with Crippen LogP contribution in [0.3, 0.4) is 0 Å². The van der Waals surface area contributed by atoms with E-state index in [4.69, 9.17) is 5.73 Å². The standard InChI is InChI=1S/C14H17N3/c1-8-5-6-9(2)12(7-8)13-14(15)17-11(4)10(3)16-13/h5-7H,1-4H3,(H2,15,17). The van der Waals surface area contributed by atoms with Gasteiger partial charge >= 0.3 is 0 Å². The molecule has 0 saturated carbocycles. The smallest absolute Gasteiger partial charge is 0.150 e. The minimum absolute atomic E-state index is 0.502. The van der Waals surface area contributed by atoms with Gasteiger partial charge in [-0.2, -0.15) is 0 Å². The van der Waals surface area contributed by atoms with E-state index >= 15 is 0 Å². The summed E-state index contributed by atoms with van der Waals surface area (Å²) in [6.45, 7) is 8.00. The van der Waals surface area contributed by atoms with Crippen LogP contribution in [-0.4, -0.2) is 9.97 Å². The molecule has 1 aromatic carbocycles. The summed E-state index contributed by atoms with van der Waals surface area (Å²) in [7, 11) is 0. The number of hydrogen-bond acceptors (Lipinski definition) is 3. The van der Waals surface area contributed by atoms with E-state index < -0.39 is 0 Å². The summed E-state index contributed by atoms with van der Waals surface area (Å²) >= 11 is 0. The normalized spacial score (nSPS) is 10.6. The van der Waals surface area contributed by atoms with E-state index in [2.05, 4.69) is 42.0 Å². The van der Waals surface area contributed by atoms with Crippen molar-refractivity contribution in [2.45, 2.75) is 27.7 Å². The fourth-order valence-corrected chi connectivity index (χ4v) is 1.81. The first-order valence-corrected chi connectivity index (χ1v) is 5.67. The molecule has 0 amide bonds. The molecule has 0 aliphatic heterocycles. The Kier molecular flexibility index (Phi) is 2.84. The zero-order chi connectivity index (χ0) is 12.6. The van der Waals surface area contributed by atoms with Crippen molar-refractivity contribution in [3.05, 3.63) is 40.7 Å². The Balaban J connectivity index is 2.68. The number of nitrogens with zero attached hydrogens (tertiary/aromatic N) is 2. The summed E-state index contributed by atoms with van der Waals surface area (Å²) in [5.41, 5.74) is 12.0. The third kappa shape index (κ3) is 2.13. The quantitative estimate of drug-likeness (QED) is 0.814. The van der Waals surface area contributed by atoms with Crippen molar-refractivity contribution in [3.8, 4) is 11.3 Å². The molecule has 0 bridgehead atoms. The number of aromatic nitrogens is 2. The molecule has 0 aliphatic rings. The third-order valence-electron chi connectivity index (χ3n) is 2.98. The van der Waals surface area contributed by atoms with Crippen molar-refractivity contribution in [1.29, 1.82) is 0 Å². The van der Waals surface area contributed by atoms with Crippen LogP contribution in [0.15, 0.2) is 18.2 Å². The highest BCUT2D eigenvalue weighted by atomic mass is 14.9. The van der Waals surface area contributed by atoms with Gasteiger partial charge in [0.2, 0.25) is 0 Å². The second-order valence-electron chi connectivity index (χ2n) is 4.45. The SMILES string of the molecule is Cc1ccc(C)c(-c2nc(C)c(C)nc2N)c1. The molecule has 0 atom stereocenters. The molecule has 0 fully saturated rings. The number of nitrogens with two attached hydrogens (primary N) is 1. The lowest BCUT2D eigenvalue weighted by Gasteiger charge is -2.10. The van der Waals surface area contributed by atoms with Crippen molar-refractivity contribution in [3.63, 3.8) is 0 Å². The number of anilines is 1. The third-order valence-corrected chi connectivity index (χ3v) is 2.98. The van der Waals surface area contributed by atoms with Crippen LogP contribution in [-0.2, 0) is 0 Å². The Labute approximate surface area is 102 Å². The number of hydrogen-bond donors (Lipinski definition) is 1.